The first-order valence-electron chi connectivity index (χ1n) is 5.46. The van der Waals surface area contributed by atoms with Gasteiger partial charge in [-0.05, 0) is 40.9 Å². The Morgan fingerprint density at radius 2 is 2.06 bits per heavy atom. The molecule has 4 heteroatoms. The molecule has 1 atom stereocenters. The summed E-state index contributed by atoms with van der Waals surface area (Å²) in [6, 6.07) is 8.55. The molecule has 0 amide bonds. The second-order valence-electron chi connectivity index (χ2n) is 3.94. The maximum Gasteiger partial charge on any atom is 0.144 e. The summed E-state index contributed by atoms with van der Waals surface area (Å²) in [7, 11) is 0. The zero-order valence-electron chi connectivity index (χ0n) is 9.81. The van der Waals surface area contributed by atoms with Crippen LogP contribution in [0.15, 0.2) is 41.3 Å². The van der Waals surface area contributed by atoms with E-state index >= 15 is 0 Å². The third kappa shape index (κ3) is 2.82. The van der Waals surface area contributed by atoms with E-state index in [2.05, 4.69) is 63.3 Å². The third-order valence-electron chi connectivity index (χ3n) is 2.68. The van der Waals surface area contributed by atoms with E-state index < -0.39 is 0 Å². The highest BCUT2D eigenvalue weighted by molar-refractivity contribution is 9.10. The van der Waals surface area contributed by atoms with Gasteiger partial charge in [0.15, 0.2) is 0 Å². The van der Waals surface area contributed by atoms with Crippen LogP contribution in [0, 0.1) is 6.92 Å². The Morgan fingerprint density at radius 1 is 1.29 bits per heavy atom. The summed E-state index contributed by atoms with van der Waals surface area (Å²) in [5.74, 6) is 0.816. The summed E-state index contributed by atoms with van der Waals surface area (Å²) in [5.41, 5.74) is 2.55. The first-order chi connectivity index (χ1) is 8.18. The maximum absolute atomic E-state index is 4.20. The van der Waals surface area contributed by atoms with Crippen LogP contribution in [0.5, 0.6) is 0 Å². The highest BCUT2D eigenvalue weighted by Gasteiger charge is 2.09. The van der Waals surface area contributed by atoms with Crippen LogP contribution in [0.2, 0.25) is 0 Å². The normalized spacial score (nSPS) is 12.2. The van der Waals surface area contributed by atoms with E-state index in [4.69, 9.17) is 0 Å². The van der Waals surface area contributed by atoms with Crippen molar-refractivity contribution in [3.05, 3.63) is 52.4 Å². The third-order valence-corrected chi connectivity index (χ3v) is 3.26. The maximum atomic E-state index is 4.20. The largest absolute Gasteiger partial charge is 0.363 e. The molecule has 0 saturated carbocycles. The molecule has 0 saturated heterocycles. The van der Waals surface area contributed by atoms with Crippen molar-refractivity contribution in [2.24, 2.45) is 0 Å². The van der Waals surface area contributed by atoms with Gasteiger partial charge in [0.1, 0.15) is 12.1 Å². The molecule has 1 heterocycles. The second kappa shape index (κ2) is 5.27. The van der Waals surface area contributed by atoms with Crippen LogP contribution in [-0.2, 0) is 0 Å². The van der Waals surface area contributed by atoms with Crippen molar-refractivity contribution >= 4 is 21.7 Å². The first-order valence-corrected chi connectivity index (χ1v) is 6.25. The molecule has 0 fully saturated rings. The SMILES string of the molecule is Cc1ccccc1C(C)Nc1ncncc1Br. The van der Waals surface area contributed by atoms with Crippen molar-refractivity contribution in [3.63, 3.8) is 0 Å². The van der Waals surface area contributed by atoms with Gasteiger partial charge in [0.05, 0.1) is 10.5 Å². The second-order valence-corrected chi connectivity index (χ2v) is 4.80. The fourth-order valence-electron chi connectivity index (χ4n) is 1.77. The predicted octanol–water partition coefficient (Wildman–Crippen LogP) is 3.72. The van der Waals surface area contributed by atoms with E-state index in [1.165, 1.54) is 17.5 Å². The van der Waals surface area contributed by atoms with Crippen LogP contribution in [0.3, 0.4) is 0 Å². The fraction of sp³-hybridized carbons (Fsp3) is 0.231. The Bertz CT molecular complexity index is 514. The summed E-state index contributed by atoms with van der Waals surface area (Å²) < 4.78 is 0.875. The van der Waals surface area contributed by atoms with Gasteiger partial charge in [-0.2, -0.15) is 0 Å². The van der Waals surface area contributed by atoms with Gasteiger partial charge in [0.25, 0.3) is 0 Å². The van der Waals surface area contributed by atoms with Gasteiger partial charge in [-0.15, -0.1) is 0 Å². The number of hydrogen-bond donors (Lipinski definition) is 1. The molecule has 1 N–H and O–H groups in total. The molecule has 1 unspecified atom stereocenters. The lowest BCUT2D eigenvalue weighted by Gasteiger charge is -2.17. The van der Waals surface area contributed by atoms with E-state index in [0.717, 1.165) is 10.3 Å². The molecule has 0 aliphatic rings. The Morgan fingerprint density at radius 3 is 2.76 bits per heavy atom. The van der Waals surface area contributed by atoms with Gasteiger partial charge in [-0.1, -0.05) is 24.3 Å². The molecule has 0 aliphatic heterocycles. The molecule has 1 aromatic carbocycles. The lowest BCUT2D eigenvalue weighted by Crippen LogP contribution is -2.09. The number of anilines is 1. The van der Waals surface area contributed by atoms with Crippen molar-refractivity contribution in [2.45, 2.75) is 19.9 Å². The van der Waals surface area contributed by atoms with E-state index in [1.807, 2.05) is 6.07 Å². The average Bonchev–Trinajstić information content (AvgIpc) is 2.32. The molecule has 88 valence electrons. The van der Waals surface area contributed by atoms with Crippen LogP contribution < -0.4 is 5.32 Å². The molecule has 0 aliphatic carbocycles. The summed E-state index contributed by atoms with van der Waals surface area (Å²) in [6.45, 7) is 4.24. The Labute approximate surface area is 109 Å². The molecular formula is C13H14BrN3. The van der Waals surface area contributed by atoms with E-state index in [0.29, 0.717) is 0 Å². The predicted molar refractivity (Wildman–Crippen MR) is 72.9 cm³/mol. The minimum absolute atomic E-state index is 0.211. The van der Waals surface area contributed by atoms with Gasteiger partial charge in [-0.3, -0.25) is 0 Å². The smallest absolute Gasteiger partial charge is 0.144 e. The zero-order valence-corrected chi connectivity index (χ0v) is 11.4. The average molecular weight is 292 g/mol. The fourth-order valence-corrected chi connectivity index (χ4v) is 2.11. The molecule has 0 bridgehead atoms. The van der Waals surface area contributed by atoms with Gasteiger partial charge >= 0.3 is 0 Å². The molecule has 3 nitrogen and oxygen atoms in total. The standard InChI is InChI=1S/C13H14BrN3/c1-9-5-3-4-6-11(9)10(2)17-13-12(14)7-15-8-16-13/h3-8,10H,1-2H3,(H,15,16,17). The molecule has 0 radical (unpaired) electrons. The molecule has 17 heavy (non-hydrogen) atoms. The summed E-state index contributed by atoms with van der Waals surface area (Å²) in [5, 5.41) is 3.37. The number of rotatable bonds is 3. The van der Waals surface area contributed by atoms with E-state index in [9.17, 15) is 0 Å². The van der Waals surface area contributed by atoms with Crippen molar-refractivity contribution in [1.82, 2.24) is 9.97 Å². The first kappa shape index (κ1) is 12.0. The van der Waals surface area contributed by atoms with Gasteiger partial charge in [-0.25, -0.2) is 9.97 Å². The Balaban J connectivity index is 2.20. The van der Waals surface area contributed by atoms with E-state index in [1.54, 1.807) is 6.20 Å². The topological polar surface area (TPSA) is 37.8 Å². The summed E-state index contributed by atoms with van der Waals surface area (Å²) >= 11 is 3.43. The minimum Gasteiger partial charge on any atom is -0.363 e. The zero-order chi connectivity index (χ0) is 12.3. The molecule has 0 spiro atoms. The van der Waals surface area contributed by atoms with Crippen molar-refractivity contribution in [1.29, 1.82) is 0 Å². The van der Waals surface area contributed by atoms with Crippen molar-refractivity contribution in [2.75, 3.05) is 5.32 Å². The molecule has 2 aromatic rings. The number of aryl methyl sites for hydroxylation is 1. The highest BCUT2D eigenvalue weighted by atomic mass is 79.9. The number of halogens is 1. The lowest BCUT2D eigenvalue weighted by atomic mass is 10.0. The summed E-state index contributed by atoms with van der Waals surface area (Å²) in [6.07, 6.45) is 3.28. The molecular weight excluding hydrogens is 278 g/mol. The van der Waals surface area contributed by atoms with Crippen molar-refractivity contribution < 1.29 is 0 Å². The number of aromatic nitrogens is 2. The number of hydrogen-bond acceptors (Lipinski definition) is 3. The van der Waals surface area contributed by atoms with Crippen LogP contribution >= 0.6 is 15.9 Å². The number of benzene rings is 1. The van der Waals surface area contributed by atoms with Crippen molar-refractivity contribution in [3.8, 4) is 0 Å². The minimum atomic E-state index is 0.211. The van der Waals surface area contributed by atoms with E-state index in [-0.39, 0.29) is 6.04 Å². The van der Waals surface area contributed by atoms with Gasteiger partial charge in [0.2, 0.25) is 0 Å². The quantitative estimate of drug-likeness (QED) is 0.937. The lowest BCUT2D eigenvalue weighted by molar-refractivity contribution is 0.860. The van der Waals surface area contributed by atoms with Crippen LogP contribution in [0.1, 0.15) is 24.1 Å². The van der Waals surface area contributed by atoms with Crippen LogP contribution in [0.25, 0.3) is 0 Å². The molecule has 2 rings (SSSR count). The van der Waals surface area contributed by atoms with Gasteiger partial charge in [0, 0.05) is 6.20 Å². The number of nitrogens with zero attached hydrogens (tertiary/aromatic N) is 2. The van der Waals surface area contributed by atoms with Crippen LogP contribution in [-0.4, -0.2) is 9.97 Å². The number of nitrogens with one attached hydrogen (secondary N) is 1. The summed E-state index contributed by atoms with van der Waals surface area (Å²) in [4.78, 5) is 8.15. The highest BCUT2D eigenvalue weighted by Crippen LogP contribution is 2.24. The van der Waals surface area contributed by atoms with Gasteiger partial charge < -0.3 is 5.32 Å². The monoisotopic (exact) mass is 291 g/mol. The Kier molecular flexibility index (Phi) is 3.74. The Hall–Kier alpha value is -1.42. The van der Waals surface area contributed by atoms with Crippen LogP contribution in [0.4, 0.5) is 5.82 Å². The molecule has 1 aromatic heterocycles.